The van der Waals surface area contributed by atoms with E-state index in [1.807, 2.05) is 4.90 Å². The number of hydrogen-bond donors (Lipinski definition) is 1. The van der Waals surface area contributed by atoms with Crippen molar-refractivity contribution in [1.82, 2.24) is 0 Å². The fraction of sp³-hybridized carbons (Fsp3) is 0.263. The van der Waals surface area contributed by atoms with Crippen LogP contribution in [-0.2, 0) is 9.47 Å². The van der Waals surface area contributed by atoms with E-state index in [0.717, 1.165) is 0 Å². The average molecular weight is 356 g/mol. The second kappa shape index (κ2) is 7.88. The summed E-state index contributed by atoms with van der Waals surface area (Å²) in [4.78, 5) is 25.8. The van der Waals surface area contributed by atoms with Gasteiger partial charge < -0.3 is 18.8 Å². The lowest BCUT2D eigenvalue weighted by Gasteiger charge is -2.27. The normalized spacial score (nSPS) is 14.0. The molecular weight excluding hydrogens is 336 g/mol. The van der Waals surface area contributed by atoms with Crippen molar-refractivity contribution in [2.24, 2.45) is 0 Å². The SMILES string of the molecule is C=C(C)OC(=O)Nc1cccc(-c2cc(=O)cc(N3CCOCC3)o2)c1. The summed E-state index contributed by atoms with van der Waals surface area (Å²) in [5.41, 5.74) is 1.05. The molecular formula is C19H20N2O5. The molecule has 7 nitrogen and oxygen atoms in total. The Morgan fingerprint density at radius 3 is 2.73 bits per heavy atom. The first kappa shape index (κ1) is 17.8. The minimum atomic E-state index is -0.627. The number of allylic oxidation sites excluding steroid dienone is 1. The van der Waals surface area contributed by atoms with Gasteiger partial charge in [-0.25, -0.2) is 4.79 Å². The Kier molecular flexibility index (Phi) is 5.38. The average Bonchev–Trinajstić information content (AvgIpc) is 2.61. The van der Waals surface area contributed by atoms with Crippen molar-refractivity contribution in [1.29, 1.82) is 0 Å². The third kappa shape index (κ3) is 4.52. The predicted molar refractivity (Wildman–Crippen MR) is 98.4 cm³/mol. The molecule has 3 rings (SSSR count). The fourth-order valence-electron chi connectivity index (χ4n) is 2.60. The number of anilines is 2. The van der Waals surface area contributed by atoms with E-state index < -0.39 is 6.09 Å². The number of nitrogens with one attached hydrogen (secondary N) is 1. The van der Waals surface area contributed by atoms with Gasteiger partial charge in [0.2, 0.25) is 0 Å². The van der Waals surface area contributed by atoms with Crippen LogP contribution in [-0.4, -0.2) is 32.4 Å². The summed E-state index contributed by atoms with van der Waals surface area (Å²) < 4.78 is 16.1. The van der Waals surface area contributed by atoms with Gasteiger partial charge in [0, 0.05) is 36.5 Å². The highest BCUT2D eigenvalue weighted by atomic mass is 16.6. The Labute approximate surface area is 150 Å². The summed E-state index contributed by atoms with van der Waals surface area (Å²) in [7, 11) is 0. The third-order valence-corrected chi connectivity index (χ3v) is 3.74. The lowest BCUT2D eigenvalue weighted by molar-refractivity contribution is 0.120. The number of carbonyl (C=O) groups excluding carboxylic acids is 1. The van der Waals surface area contributed by atoms with Crippen molar-refractivity contribution in [3.05, 3.63) is 59.0 Å². The zero-order valence-electron chi connectivity index (χ0n) is 14.5. The second-order valence-corrected chi connectivity index (χ2v) is 5.89. The molecule has 26 heavy (non-hydrogen) atoms. The molecule has 1 aromatic heterocycles. The van der Waals surface area contributed by atoms with E-state index in [4.69, 9.17) is 13.9 Å². The molecule has 136 valence electrons. The van der Waals surface area contributed by atoms with Crippen LogP contribution in [0.2, 0.25) is 0 Å². The molecule has 1 aliphatic heterocycles. The predicted octanol–water partition coefficient (Wildman–Crippen LogP) is 3.23. The van der Waals surface area contributed by atoms with Crippen molar-refractivity contribution in [2.45, 2.75) is 6.92 Å². The van der Waals surface area contributed by atoms with Gasteiger partial charge in [-0.15, -0.1) is 0 Å². The molecule has 1 saturated heterocycles. The monoisotopic (exact) mass is 356 g/mol. The molecule has 0 saturated carbocycles. The molecule has 2 heterocycles. The molecule has 2 aromatic rings. The van der Waals surface area contributed by atoms with Crippen LogP contribution in [0, 0.1) is 0 Å². The van der Waals surface area contributed by atoms with Gasteiger partial charge in [0.1, 0.15) is 5.76 Å². The molecule has 7 heteroatoms. The Morgan fingerprint density at radius 2 is 2.00 bits per heavy atom. The summed E-state index contributed by atoms with van der Waals surface area (Å²) >= 11 is 0. The van der Waals surface area contributed by atoms with Crippen LogP contribution < -0.4 is 15.6 Å². The molecule has 0 unspecified atom stereocenters. The van der Waals surface area contributed by atoms with Gasteiger partial charge in [-0.3, -0.25) is 10.1 Å². The highest BCUT2D eigenvalue weighted by Crippen LogP contribution is 2.26. The van der Waals surface area contributed by atoms with Crippen molar-refractivity contribution >= 4 is 17.7 Å². The first-order valence-corrected chi connectivity index (χ1v) is 8.24. The molecule has 0 aliphatic carbocycles. The van der Waals surface area contributed by atoms with E-state index in [9.17, 15) is 9.59 Å². The Bertz CT molecular complexity index is 868. The van der Waals surface area contributed by atoms with Gasteiger partial charge in [-0.2, -0.15) is 0 Å². The summed E-state index contributed by atoms with van der Waals surface area (Å²) in [5, 5.41) is 2.61. The first-order chi connectivity index (χ1) is 12.5. The Balaban J connectivity index is 1.85. The minimum absolute atomic E-state index is 0.146. The van der Waals surface area contributed by atoms with Crippen LogP contribution in [0.15, 0.2) is 57.9 Å². The highest BCUT2D eigenvalue weighted by molar-refractivity contribution is 5.86. The number of amides is 1. The van der Waals surface area contributed by atoms with Crippen LogP contribution in [0.4, 0.5) is 16.4 Å². The largest absolute Gasteiger partial charge is 0.440 e. The summed E-state index contributed by atoms with van der Waals surface area (Å²) in [6.45, 7) is 7.63. The van der Waals surface area contributed by atoms with Crippen LogP contribution in [0.3, 0.4) is 0 Å². The van der Waals surface area contributed by atoms with Gasteiger partial charge in [0.05, 0.1) is 19.0 Å². The lowest BCUT2D eigenvalue weighted by atomic mass is 10.1. The number of morpholine rings is 1. The second-order valence-electron chi connectivity index (χ2n) is 5.89. The topological polar surface area (TPSA) is 81.0 Å². The van der Waals surface area contributed by atoms with Crippen molar-refractivity contribution < 1.29 is 18.7 Å². The molecule has 0 atom stereocenters. The van der Waals surface area contributed by atoms with Crippen LogP contribution in [0.5, 0.6) is 0 Å². The summed E-state index contributed by atoms with van der Waals surface area (Å²) in [6.07, 6.45) is -0.627. The van der Waals surface area contributed by atoms with Gasteiger partial charge in [-0.1, -0.05) is 18.7 Å². The number of rotatable bonds is 4. The molecule has 1 N–H and O–H groups in total. The highest BCUT2D eigenvalue weighted by Gasteiger charge is 2.15. The van der Waals surface area contributed by atoms with E-state index in [-0.39, 0.29) is 5.43 Å². The van der Waals surface area contributed by atoms with Gasteiger partial charge in [-0.05, 0) is 19.1 Å². The Hall–Kier alpha value is -3.06. The van der Waals surface area contributed by atoms with Crippen LogP contribution in [0.25, 0.3) is 11.3 Å². The first-order valence-electron chi connectivity index (χ1n) is 8.24. The van der Waals surface area contributed by atoms with E-state index in [0.29, 0.717) is 55.0 Å². The van der Waals surface area contributed by atoms with E-state index in [2.05, 4.69) is 11.9 Å². The summed E-state index contributed by atoms with van der Waals surface area (Å²) in [5.74, 6) is 1.23. The molecule has 1 aliphatic rings. The van der Waals surface area contributed by atoms with Crippen LogP contribution in [0.1, 0.15) is 6.92 Å². The molecule has 0 bridgehead atoms. The van der Waals surface area contributed by atoms with Crippen LogP contribution >= 0.6 is 0 Å². The summed E-state index contributed by atoms with van der Waals surface area (Å²) in [6, 6.07) is 9.88. The maximum Gasteiger partial charge on any atom is 0.416 e. The Morgan fingerprint density at radius 1 is 1.23 bits per heavy atom. The number of nitrogens with zero attached hydrogens (tertiary/aromatic N) is 1. The number of benzene rings is 1. The van der Waals surface area contributed by atoms with E-state index in [1.54, 1.807) is 31.2 Å². The van der Waals surface area contributed by atoms with Gasteiger partial charge in [0.25, 0.3) is 0 Å². The standard InChI is InChI=1S/C19H20N2O5/c1-13(2)25-19(23)20-15-5-3-4-14(10-15)17-11-16(22)12-18(26-17)21-6-8-24-9-7-21/h3-5,10-12H,1,6-9H2,2H3,(H,20,23). The molecule has 1 amide bonds. The molecule has 1 fully saturated rings. The fourth-order valence-corrected chi connectivity index (χ4v) is 2.60. The molecule has 0 radical (unpaired) electrons. The lowest BCUT2D eigenvalue weighted by Crippen LogP contribution is -2.36. The number of carbonyl (C=O) groups is 1. The molecule has 1 aromatic carbocycles. The maximum atomic E-state index is 12.1. The van der Waals surface area contributed by atoms with Gasteiger partial charge >= 0.3 is 6.09 Å². The third-order valence-electron chi connectivity index (χ3n) is 3.74. The van der Waals surface area contributed by atoms with Crippen molar-refractivity contribution in [3.8, 4) is 11.3 Å². The van der Waals surface area contributed by atoms with Crippen molar-refractivity contribution in [2.75, 3.05) is 36.5 Å². The van der Waals surface area contributed by atoms with E-state index >= 15 is 0 Å². The minimum Gasteiger partial charge on any atom is -0.440 e. The quantitative estimate of drug-likeness (QED) is 0.847. The maximum absolute atomic E-state index is 12.1. The van der Waals surface area contributed by atoms with E-state index in [1.165, 1.54) is 12.1 Å². The van der Waals surface area contributed by atoms with Crippen molar-refractivity contribution in [3.63, 3.8) is 0 Å². The zero-order chi connectivity index (χ0) is 18.5. The smallest absolute Gasteiger partial charge is 0.416 e. The van der Waals surface area contributed by atoms with Gasteiger partial charge in [0.15, 0.2) is 11.3 Å². The number of ether oxygens (including phenoxy) is 2. The zero-order valence-corrected chi connectivity index (χ0v) is 14.5. The number of hydrogen-bond acceptors (Lipinski definition) is 6. The molecule has 0 spiro atoms.